The van der Waals surface area contributed by atoms with Gasteiger partial charge >= 0.3 is 0 Å². The highest BCUT2D eigenvalue weighted by atomic mass is 16.5. The lowest BCUT2D eigenvalue weighted by molar-refractivity contribution is -0.107. The highest BCUT2D eigenvalue weighted by molar-refractivity contribution is 6.05. The number of nitrogens with zero attached hydrogens (tertiary/aromatic N) is 2. The van der Waals surface area contributed by atoms with Gasteiger partial charge in [-0.25, -0.2) is 0 Å². The van der Waals surface area contributed by atoms with Gasteiger partial charge in [-0.3, -0.25) is 19.5 Å². The molecule has 0 saturated heterocycles. The smallest absolute Gasteiger partial charge is 0.255 e. The van der Waals surface area contributed by atoms with E-state index >= 15 is 0 Å². The predicted molar refractivity (Wildman–Crippen MR) is 149 cm³/mol. The Balaban J connectivity index is 1.23. The number of anilines is 3. The Morgan fingerprint density at radius 1 is 0.949 bits per heavy atom. The number of ether oxygens (including phenoxy) is 2. The van der Waals surface area contributed by atoms with Gasteiger partial charge in [0, 0.05) is 18.0 Å². The Hall–Kier alpha value is -5.31. The van der Waals surface area contributed by atoms with Crippen molar-refractivity contribution in [3.05, 3.63) is 108 Å². The molecule has 0 fully saturated rings. The largest absolute Gasteiger partial charge is 0.492 e. The molecule has 2 aromatic heterocycles. The summed E-state index contributed by atoms with van der Waals surface area (Å²) in [7, 11) is 0. The third-order valence-corrected chi connectivity index (χ3v) is 5.98. The number of pyridine rings is 1. The molecule has 0 bridgehead atoms. The molecule has 0 aliphatic carbocycles. The first kappa shape index (κ1) is 25.3. The predicted octanol–water partition coefficient (Wildman–Crippen LogP) is 5.28. The normalized spacial score (nSPS) is 10.7. The van der Waals surface area contributed by atoms with Gasteiger partial charge in [0.05, 0.1) is 23.3 Å². The van der Waals surface area contributed by atoms with Crippen LogP contribution in [-0.2, 0) is 11.4 Å². The number of fused-ring (bicyclic) bond motifs is 1. The summed E-state index contributed by atoms with van der Waals surface area (Å²) in [6.45, 7) is 0.690. The highest BCUT2D eigenvalue weighted by Gasteiger charge is 2.21. The van der Waals surface area contributed by atoms with Gasteiger partial charge in [0.15, 0.2) is 5.75 Å². The van der Waals surface area contributed by atoms with Gasteiger partial charge < -0.3 is 24.9 Å². The molecular weight excluding hydrogens is 496 g/mol. The van der Waals surface area contributed by atoms with Gasteiger partial charge in [-0.1, -0.05) is 24.3 Å². The summed E-state index contributed by atoms with van der Waals surface area (Å²) < 4.78 is 17.9. The van der Waals surface area contributed by atoms with Crippen LogP contribution in [0.4, 0.5) is 17.3 Å². The number of nitrogens with one attached hydrogen (secondary N) is 1. The fourth-order valence-corrected chi connectivity index (χ4v) is 3.94. The quantitative estimate of drug-likeness (QED) is 0.179. The van der Waals surface area contributed by atoms with Gasteiger partial charge in [0.1, 0.15) is 24.5 Å². The number of rotatable bonds is 11. The van der Waals surface area contributed by atoms with Gasteiger partial charge in [-0.05, 0) is 66.2 Å². The molecule has 9 nitrogen and oxygen atoms in total. The maximum absolute atomic E-state index is 12.5. The van der Waals surface area contributed by atoms with E-state index in [0.717, 1.165) is 10.9 Å². The Morgan fingerprint density at radius 3 is 2.46 bits per heavy atom. The number of benzene rings is 3. The Bertz CT molecular complexity index is 1570. The fraction of sp³-hybridized carbons (Fsp3) is 0.100. The van der Waals surface area contributed by atoms with Crippen molar-refractivity contribution in [1.82, 2.24) is 4.98 Å². The number of hydrogen-bond donors (Lipinski definition) is 2. The summed E-state index contributed by atoms with van der Waals surface area (Å²) in [4.78, 5) is 30.0. The van der Waals surface area contributed by atoms with Crippen LogP contribution in [-0.4, -0.2) is 30.5 Å². The molecule has 0 atom stereocenters. The van der Waals surface area contributed by atoms with Crippen LogP contribution in [0.1, 0.15) is 15.9 Å². The van der Waals surface area contributed by atoms with Crippen molar-refractivity contribution in [2.75, 3.05) is 29.1 Å². The van der Waals surface area contributed by atoms with E-state index in [9.17, 15) is 9.59 Å². The van der Waals surface area contributed by atoms with Gasteiger partial charge in [0.25, 0.3) is 5.91 Å². The summed E-state index contributed by atoms with van der Waals surface area (Å²) in [6.07, 6.45) is 4.07. The average Bonchev–Trinajstić information content (AvgIpc) is 3.34. The zero-order valence-electron chi connectivity index (χ0n) is 20.9. The number of hydrogen-bond acceptors (Lipinski definition) is 7. The molecule has 3 aromatic carbocycles. The number of furan rings is 1. The summed E-state index contributed by atoms with van der Waals surface area (Å²) in [5, 5.41) is 3.56. The van der Waals surface area contributed by atoms with Crippen LogP contribution in [0.15, 0.2) is 102 Å². The number of aromatic nitrogens is 1. The molecule has 196 valence electrons. The van der Waals surface area contributed by atoms with Crippen molar-refractivity contribution in [1.29, 1.82) is 0 Å². The second-order valence-corrected chi connectivity index (χ2v) is 8.59. The average molecular weight is 523 g/mol. The number of amides is 2. The molecule has 0 unspecified atom stereocenters. The summed E-state index contributed by atoms with van der Waals surface area (Å²) >= 11 is 0. The lowest BCUT2D eigenvalue weighted by Gasteiger charge is -2.17. The second kappa shape index (κ2) is 11.8. The zero-order valence-corrected chi connectivity index (χ0v) is 20.9. The minimum atomic E-state index is -0.282. The minimum absolute atomic E-state index is 0.186. The number of carbonyl (C=O) groups excluding carboxylic acids is 2. The Kier molecular flexibility index (Phi) is 7.68. The van der Waals surface area contributed by atoms with Crippen LogP contribution in [0.2, 0.25) is 0 Å². The number of nitrogen functional groups attached to an aromatic ring is 1. The first-order chi connectivity index (χ1) is 19.1. The van der Waals surface area contributed by atoms with Crippen LogP contribution in [0.5, 0.6) is 11.5 Å². The van der Waals surface area contributed by atoms with Crippen LogP contribution < -0.4 is 25.4 Å². The summed E-state index contributed by atoms with van der Waals surface area (Å²) in [5.41, 5.74) is 8.93. The van der Waals surface area contributed by atoms with E-state index in [0.29, 0.717) is 52.9 Å². The molecule has 0 aliphatic rings. The van der Waals surface area contributed by atoms with Gasteiger partial charge in [-0.15, -0.1) is 0 Å². The maximum atomic E-state index is 12.5. The molecule has 0 spiro atoms. The monoisotopic (exact) mass is 522 g/mol. The molecular formula is C30H26N4O5. The van der Waals surface area contributed by atoms with E-state index in [4.69, 9.17) is 19.6 Å². The summed E-state index contributed by atoms with van der Waals surface area (Å²) in [6, 6.07) is 24.9. The fourth-order valence-electron chi connectivity index (χ4n) is 3.94. The molecule has 9 heteroatoms. The Labute approximate surface area is 224 Å². The van der Waals surface area contributed by atoms with Crippen molar-refractivity contribution in [2.24, 2.45) is 0 Å². The number of para-hydroxylation sites is 3. The number of nitrogens with two attached hydrogens (primary N) is 1. The van der Waals surface area contributed by atoms with E-state index in [1.165, 1.54) is 4.90 Å². The van der Waals surface area contributed by atoms with Crippen molar-refractivity contribution in [3.8, 4) is 11.5 Å². The lowest BCUT2D eigenvalue weighted by Crippen LogP contribution is -2.26. The molecule has 0 radical (unpaired) electrons. The lowest BCUT2D eigenvalue weighted by atomic mass is 10.2. The Morgan fingerprint density at radius 2 is 1.69 bits per heavy atom. The molecule has 5 aromatic rings. The molecule has 2 amide bonds. The van der Waals surface area contributed by atoms with E-state index in [1.807, 2.05) is 36.4 Å². The SMILES string of the molecule is Nc1ccccc1NC(=O)c1ccc(OCCN(C=O)c2oc3ccccc3c2OCc2ccncc2)cc1. The maximum Gasteiger partial charge on any atom is 0.255 e. The summed E-state index contributed by atoms with van der Waals surface area (Å²) in [5.74, 6) is 1.05. The topological polar surface area (TPSA) is 120 Å². The zero-order chi connectivity index (χ0) is 27.0. The van der Waals surface area contributed by atoms with E-state index in [1.54, 1.807) is 60.9 Å². The van der Waals surface area contributed by atoms with Crippen molar-refractivity contribution < 1.29 is 23.5 Å². The van der Waals surface area contributed by atoms with Crippen molar-refractivity contribution in [2.45, 2.75) is 6.61 Å². The third-order valence-electron chi connectivity index (χ3n) is 5.98. The van der Waals surface area contributed by atoms with E-state index in [2.05, 4.69) is 10.3 Å². The van der Waals surface area contributed by atoms with Crippen LogP contribution in [0, 0.1) is 0 Å². The van der Waals surface area contributed by atoms with Crippen molar-refractivity contribution >= 4 is 40.5 Å². The van der Waals surface area contributed by atoms with E-state index in [-0.39, 0.29) is 19.1 Å². The van der Waals surface area contributed by atoms with Gasteiger partial charge in [-0.2, -0.15) is 0 Å². The third kappa shape index (κ3) is 5.99. The molecule has 2 heterocycles. The standard InChI is InChI=1S/C30H26N4O5/c31-25-6-2-3-7-26(25)33-29(36)22-9-11-23(12-10-22)37-18-17-34(20-35)30-28(24-5-1-4-8-27(24)39-30)38-19-21-13-15-32-16-14-21/h1-16,20H,17-19,31H2,(H,33,36). The molecule has 0 aliphatic heterocycles. The minimum Gasteiger partial charge on any atom is -0.492 e. The van der Waals surface area contributed by atoms with Crippen LogP contribution >= 0.6 is 0 Å². The second-order valence-electron chi connectivity index (χ2n) is 8.59. The first-order valence-corrected chi connectivity index (χ1v) is 12.3. The first-order valence-electron chi connectivity index (χ1n) is 12.3. The molecule has 0 saturated carbocycles. The highest BCUT2D eigenvalue weighted by Crippen LogP contribution is 2.39. The van der Waals surface area contributed by atoms with Gasteiger partial charge in [0.2, 0.25) is 12.3 Å². The number of carbonyl (C=O) groups is 2. The van der Waals surface area contributed by atoms with Crippen LogP contribution in [0.3, 0.4) is 0 Å². The van der Waals surface area contributed by atoms with Crippen LogP contribution in [0.25, 0.3) is 11.0 Å². The van der Waals surface area contributed by atoms with Crippen molar-refractivity contribution in [3.63, 3.8) is 0 Å². The molecule has 5 rings (SSSR count). The molecule has 3 N–H and O–H groups in total. The van der Waals surface area contributed by atoms with E-state index < -0.39 is 0 Å². The molecule has 39 heavy (non-hydrogen) atoms.